The highest BCUT2D eigenvalue weighted by Gasteiger charge is 2.30. The van der Waals surface area contributed by atoms with E-state index in [4.69, 9.17) is 23.2 Å². The Morgan fingerprint density at radius 2 is 1.81 bits per heavy atom. The molecule has 1 aromatic heterocycles. The molecule has 2 amide bonds. The predicted octanol–water partition coefficient (Wildman–Crippen LogP) is 6.48. The SMILES string of the molecule is CCn1c(SCC(=O)Nc2cccc(C(F)(F)F)c2)nnc1[C@@H](NC(=O)c1ccc(Cl)c(Cl)c1)C(C)C. The van der Waals surface area contributed by atoms with Gasteiger partial charge in [-0.3, -0.25) is 9.59 Å². The molecule has 1 heterocycles. The lowest BCUT2D eigenvalue weighted by molar-refractivity contribution is -0.137. The number of anilines is 1. The Morgan fingerprint density at radius 1 is 1.08 bits per heavy atom. The minimum absolute atomic E-state index is 0.0444. The fourth-order valence-electron chi connectivity index (χ4n) is 3.43. The molecule has 0 spiro atoms. The maximum absolute atomic E-state index is 12.9. The van der Waals surface area contributed by atoms with E-state index in [-0.39, 0.29) is 28.3 Å². The first-order valence-electron chi connectivity index (χ1n) is 11.2. The van der Waals surface area contributed by atoms with E-state index in [1.165, 1.54) is 24.3 Å². The van der Waals surface area contributed by atoms with Gasteiger partial charge < -0.3 is 15.2 Å². The van der Waals surface area contributed by atoms with Gasteiger partial charge in [0.25, 0.3) is 5.91 Å². The lowest BCUT2D eigenvalue weighted by Gasteiger charge is -2.22. The molecule has 0 aliphatic carbocycles. The van der Waals surface area contributed by atoms with Crippen LogP contribution in [0.4, 0.5) is 18.9 Å². The number of hydrogen-bond donors (Lipinski definition) is 2. The first-order chi connectivity index (χ1) is 17.4. The summed E-state index contributed by atoms with van der Waals surface area (Å²) in [6.45, 7) is 6.18. The van der Waals surface area contributed by atoms with Gasteiger partial charge in [-0.2, -0.15) is 13.2 Å². The van der Waals surface area contributed by atoms with Crippen molar-refractivity contribution >= 4 is 52.5 Å². The molecule has 0 saturated carbocycles. The van der Waals surface area contributed by atoms with E-state index in [1.54, 1.807) is 10.6 Å². The van der Waals surface area contributed by atoms with E-state index in [0.717, 1.165) is 23.9 Å². The molecule has 13 heteroatoms. The number of nitrogens with one attached hydrogen (secondary N) is 2. The molecule has 198 valence electrons. The van der Waals surface area contributed by atoms with Crippen LogP contribution in [0.1, 0.15) is 48.6 Å². The summed E-state index contributed by atoms with van der Waals surface area (Å²) in [6, 6.07) is 8.50. The first kappa shape index (κ1) is 28.8. The van der Waals surface area contributed by atoms with Crippen molar-refractivity contribution in [3.05, 3.63) is 69.5 Å². The van der Waals surface area contributed by atoms with Crippen molar-refractivity contribution in [1.29, 1.82) is 0 Å². The number of nitrogens with zero attached hydrogens (tertiary/aromatic N) is 3. The molecule has 0 aliphatic rings. The molecular formula is C24H24Cl2F3N5O2S. The molecule has 7 nitrogen and oxygen atoms in total. The molecule has 3 rings (SSSR count). The van der Waals surface area contributed by atoms with Gasteiger partial charge >= 0.3 is 6.18 Å². The summed E-state index contributed by atoms with van der Waals surface area (Å²) in [6.07, 6.45) is -4.51. The van der Waals surface area contributed by atoms with Crippen LogP contribution < -0.4 is 10.6 Å². The smallest absolute Gasteiger partial charge is 0.342 e. The summed E-state index contributed by atoms with van der Waals surface area (Å²) in [5.74, 6) is -0.506. The Balaban J connectivity index is 1.71. The Labute approximate surface area is 226 Å². The van der Waals surface area contributed by atoms with E-state index in [2.05, 4.69) is 20.8 Å². The molecule has 1 atom stereocenters. The zero-order valence-corrected chi connectivity index (χ0v) is 22.4. The van der Waals surface area contributed by atoms with Crippen LogP contribution in [0, 0.1) is 5.92 Å². The van der Waals surface area contributed by atoms with Crippen LogP contribution >= 0.6 is 35.0 Å². The quantitative estimate of drug-likeness (QED) is 0.286. The third-order valence-corrected chi connectivity index (χ3v) is 6.99. The standard InChI is InChI=1S/C24H24Cl2F3N5O2S/c1-4-34-21(20(13(2)3)31-22(36)14-8-9-17(25)18(26)10-14)32-33-23(34)37-12-19(35)30-16-7-5-6-15(11-16)24(27,28)29/h5-11,13,20H,4,12H2,1-3H3,(H,30,35)(H,31,36)/t20-/m0/s1. The largest absolute Gasteiger partial charge is 0.416 e. The van der Waals surface area contributed by atoms with Crippen LogP contribution in [0.25, 0.3) is 0 Å². The number of amides is 2. The summed E-state index contributed by atoms with van der Waals surface area (Å²) in [4.78, 5) is 25.3. The van der Waals surface area contributed by atoms with E-state index >= 15 is 0 Å². The van der Waals surface area contributed by atoms with Crippen molar-refractivity contribution in [1.82, 2.24) is 20.1 Å². The summed E-state index contributed by atoms with van der Waals surface area (Å²) < 4.78 is 40.5. The van der Waals surface area contributed by atoms with Gasteiger partial charge in [0.05, 0.1) is 27.4 Å². The third kappa shape index (κ3) is 7.39. The van der Waals surface area contributed by atoms with Gasteiger partial charge in [0.1, 0.15) is 0 Å². The molecule has 0 aliphatic heterocycles. The molecule has 0 saturated heterocycles. The molecule has 2 N–H and O–H groups in total. The van der Waals surface area contributed by atoms with Crippen LogP contribution in [0.15, 0.2) is 47.6 Å². The first-order valence-corrected chi connectivity index (χ1v) is 12.9. The monoisotopic (exact) mass is 573 g/mol. The highest BCUT2D eigenvalue weighted by Crippen LogP contribution is 2.31. The normalized spacial score (nSPS) is 12.5. The second-order valence-corrected chi connectivity index (χ2v) is 10.1. The van der Waals surface area contributed by atoms with Gasteiger partial charge in [-0.25, -0.2) is 0 Å². The fraction of sp³-hybridized carbons (Fsp3) is 0.333. The van der Waals surface area contributed by atoms with Gasteiger partial charge in [0.15, 0.2) is 11.0 Å². The average molecular weight is 574 g/mol. The number of carbonyl (C=O) groups excluding carboxylic acids is 2. The topological polar surface area (TPSA) is 88.9 Å². The zero-order valence-electron chi connectivity index (χ0n) is 20.1. The number of carbonyl (C=O) groups is 2. The van der Waals surface area contributed by atoms with Crippen molar-refractivity contribution in [2.24, 2.45) is 5.92 Å². The molecular weight excluding hydrogens is 550 g/mol. The van der Waals surface area contributed by atoms with Crippen LogP contribution in [0.2, 0.25) is 10.0 Å². The molecule has 0 fully saturated rings. The molecule has 0 unspecified atom stereocenters. The summed E-state index contributed by atoms with van der Waals surface area (Å²) in [5, 5.41) is 14.9. The second kappa shape index (κ2) is 12.2. The van der Waals surface area contributed by atoms with Crippen molar-refractivity contribution in [3.63, 3.8) is 0 Å². The molecule has 0 bridgehead atoms. The van der Waals surface area contributed by atoms with Crippen LogP contribution in [0.3, 0.4) is 0 Å². The van der Waals surface area contributed by atoms with E-state index < -0.39 is 23.7 Å². The maximum atomic E-state index is 12.9. The third-order valence-electron chi connectivity index (χ3n) is 5.28. The maximum Gasteiger partial charge on any atom is 0.416 e. The Morgan fingerprint density at radius 3 is 2.43 bits per heavy atom. The Hall–Kier alpha value is -2.76. The van der Waals surface area contributed by atoms with Crippen molar-refractivity contribution in [3.8, 4) is 0 Å². The van der Waals surface area contributed by atoms with Crippen LogP contribution in [0.5, 0.6) is 0 Å². The van der Waals surface area contributed by atoms with Crippen molar-refractivity contribution in [2.75, 3.05) is 11.1 Å². The van der Waals surface area contributed by atoms with Gasteiger partial charge in [-0.15, -0.1) is 10.2 Å². The molecule has 37 heavy (non-hydrogen) atoms. The molecule has 3 aromatic rings. The number of hydrogen-bond acceptors (Lipinski definition) is 5. The zero-order chi connectivity index (χ0) is 27.3. The summed E-state index contributed by atoms with van der Waals surface area (Å²) in [5.41, 5.74) is -0.470. The number of benzene rings is 2. The lowest BCUT2D eigenvalue weighted by Crippen LogP contribution is -2.33. The number of aromatic nitrogens is 3. The molecule has 2 aromatic carbocycles. The van der Waals surface area contributed by atoms with Gasteiger partial charge in [-0.05, 0) is 49.2 Å². The lowest BCUT2D eigenvalue weighted by atomic mass is 10.0. The van der Waals surface area contributed by atoms with E-state index in [0.29, 0.717) is 28.1 Å². The van der Waals surface area contributed by atoms with Crippen molar-refractivity contribution < 1.29 is 22.8 Å². The van der Waals surface area contributed by atoms with Gasteiger partial charge in [0, 0.05) is 17.8 Å². The minimum Gasteiger partial charge on any atom is -0.342 e. The number of halogens is 5. The van der Waals surface area contributed by atoms with E-state index in [1.807, 2.05) is 20.8 Å². The van der Waals surface area contributed by atoms with E-state index in [9.17, 15) is 22.8 Å². The summed E-state index contributed by atoms with van der Waals surface area (Å²) >= 11 is 13.1. The Kier molecular flexibility index (Phi) is 9.49. The number of rotatable bonds is 9. The highest BCUT2D eigenvalue weighted by molar-refractivity contribution is 7.99. The fourth-order valence-corrected chi connectivity index (χ4v) is 4.53. The second-order valence-electron chi connectivity index (χ2n) is 8.32. The minimum atomic E-state index is -4.51. The number of alkyl halides is 3. The molecule has 0 radical (unpaired) electrons. The van der Waals surface area contributed by atoms with Crippen molar-refractivity contribution in [2.45, 2.75) is 44.7 Å². The average Bonchev–Trinajstić information content (AvgIpc) is 3.24. The van der Waals surface area contributed by atoms with Gasteiger partial charge in [0.2, 0.25) is 5.91 Å². The Bertz CT molecular complexity index is 1280. The van der Waals surface area contributed by atoms with Crippen LogP contribution in [-0.4, -0.2) is 32.3 Å². The van der Waals surface area contributed by atoms with Gasteiger partial charge in [-0.1, -0.05) is 54.9 Å². The van der Waals surface area contributed by atoms with Crippen LogP contribution in [-0.2, 0) is 17.5 Å². The highest BCUT2D eigenvalue weighted by atomic mass is 35.5. The predicted molar refractivity (Wildman–Crippen MR) is 138 cm³/mol. The summed E-state index contributed by atoms with van der Waals surface area (Å²) in [7, 11) is 0. The number of thioether (sulfide) groups is 1.